The van der Waals surface area contributed by atoms with E-state index in [4.69, 9.17) is 9.84 Å². The summed E-state index contributed by atoms with van der Waals surface area (Å²) < 4.78 is 5.35. The van der Waals surface area contributed by atoms with Gasteiger partial charge in [0, 0.05) is 26.4 Å². The van der Waals surface area contributed by atoms with Crippen molar-refractivity contribution in [2.75, 3.05) is 20.2 Å². The molecule has 0 amide bonds. The number of ether oxygens (including phenoxy) is 1. The van der Waals surface area contributed by atoms with Crippen molar-refractivity contribution in [3.63, 3.8) is 0 Å². The van der Waals surface area contributed by atoms with Gasteiger partial charge in [-0.3, -0.25) is 4.90 Å². The molecular formula is C12H17N3O3. The molecule has 0 saturated carbocycles. The van der Waals surface area contributed by atoms with Gasteiger partial charge in [-0.1, -0.05) is 0 Å². The van der Waals surface area contributed by atoms with E-state index < -0.39 is 5.97 Å². The van der Waals surface area contributed by atoms with Gasteiger partial charge in [0.05, 0.1) is 11.8 Å². The number of aromatic nitrogens is 2. The van der Waals surface area contributed by atoms with Crippen molar-refractivity contribution in [2.24, 2.45) is 0 Å². The smallest absolute Gasteiger partial charge is 0.339 e. The fourth-order valence-corrected chi connectivity index (χ4v) is 2.22. The summed E-state index contributed by atoms with van der Waals surface area (Å²) in [6, 6.07) is 0. The Morgan fingerprint density at radius 1 is 1.67 bits per heavy atom. The Morgan fingerprint density at radius 2 is 2.50 bits per heavy atom. The molecule has 18 heavy (non-hydrogen) atoms. The molecule has 98 valence electrons. The molecule has 0 radical (unpaired) electrons. The molecule has 0 aliphatic carbocycles. The standard InChI is InChI=1S/C12H17N3O3/c1-18-9-3-2-4-15(6-9)7-11-10(12(16)17)5-13-8-14-11/h5,8-9H,2-4,6-7H2,1H3,(H,16,17). The van der Waals surface area contributed by atoms with Gasteiger partial charge in [0.1, 0.15) is 11.9 Å². The van der Waals surface area contributed by atoms with Crippen LogP contribution >= 0.6 is 0 Å². The Kier molecular flexibility index (Phi) is 4.22. The van der Waals surface area contributed by atoms with E-state index in [-0.39, 0.29) is 11.7 Å². The maximum Gasteiger partial charge on any atom is 0.339 e. The molecule has 0 bridgehead atoms. The lowest BCUT2D eigenvalue weighted by atomic mass is 10.1. The fraction of sp³-hybridized carbons (Fsp3) is 0.583. The van der Waals surface area contributed by atoms with E-state index in [1.54, 1.807) is 7.11 Å². The predicted molar refractivity (Wildman–Crippen MR) is 64.3 cm³/mol. The largest absolute Gasteiger partial charge is 0.478 e. The molecule has 1 N–H and O–H groups in total. The zero-order valence-corrected chi connectivity index (χ0v) is 10.4. The topological polar surface area (TPSA) is 75.5 Å². The lowest BCUT2D eigenvalue weighted by Crippen LogP contribution is -2.39. The first-order chi connectivity index (χ1) is 8.70. The number of hydrogen-bond donors (Lipinski definition) is 1. The van der Waals surface area contributed by atoms with Crippen LogP contribution in [0, 0.1) is 0 Å². The van der Waals surface area contributed by atoms with Crippen LogP contribution in [0.2, 0.25) is 0 Å². The lowest BCUT2D eigenvalue weighted by molar-refractivity contribution is 0.0279. The van der Waals surface area contributed by atoms with Gasteiger partial charge >= 0.3 is 5.97 Å². The fourth-order valence-electron chi connectivity index (χ4n) is 2.22. The summed E-state index contributed by atoms with van der Waals surface area (Å²) in [6.45, 7) is 2.30. The number of likely N-dealkylation sites (tertiary alicyclic amines) is 1. The van der Waals surface area contributed by atoms with Gasteiger partial charge in [-0.05, 0) is 19.4 Å². The Labute approximate surface area is 106 Å². The van der Waals surface area contributed by atoms with Crippen molar-refractivity contribution < 1.29 is 14.6 Å². The number of carboxylic acids is 1. The van der Waals surface area contributed by atoms with Gasteiger partial charge in [0.2, 0.25) is 0 Å². The normalized spacial score (nSPS) is 20.8. The zero-order chi connectivity index (χ0) is 13.0. The predicted octanol–water partition coefficient (Wildman–Crippen LogP) is 0.786. The van der Waals surface area contributed by atoms with Crippen molar-refractivity contribution in [3.8, 4) is 0 Å². The molecular weight excluding hydrogens is 234 g/mol. The summed E-state index contributed by atoms with van der Waals surface area (Å²) in [5, 5.41) is 9.07. The molecule has 1 unspecified atom stereocenters. The number of carbonyl (C=O) groups is 1. The Bertz CT molecular complexity index is 425. The average molecular weight is 251 g/mol. The minimum absolute atomic E-state index is 0.178. The Hall–Kier alpha value is -1.53. The summed E-state index contributed by atoms with van der Waals surface area (Å²) in [6.07, 6.45) is 5.09. The van der Waals surface area contributed by atoms with E-state index in [2.05, 4.69) is 14.9 Å². The highest BCUT2D eigenvalue weighted by molar-refractivity contribution is 5.88. The van der Waals surface area contributed by atoms with Crippen LogP contribution in [0.15, 0.2) is 12.5 Å². The van der Waals surface area contributed by atoms with Crippen molar-refractivity contribution in [1.82, 2.24) is 14.9 Å². The summed E-state index contributed by atoms with van der Waals surface area (Å²) in [5.74, 6) is -0.981. The van der Waals surface area contributed by atoms with Gasteiger partial charge < -0.3 is 9.84 Å². The van der Waals surface area contributed by atoms with E-state index >= 15 is 0 Å². The number of methoxy groups -OCH3 is 1. The Balaban J connectivity index is 2.07. The molecule has 1 aliphatic heterocycles. The molecule has 6 heteroatoms. The second kappa shape index (κ2) is 5.88. The molecule has 2 heterocycles. The Morgan fingerprint density at radius 3 is 3.22 bits per heavy atom. The minimum Gasteiger partial charge on any atom is -0.478 e. The first kappa shape index (κ1) is 12.9. The SMILES string of the molecule is COC1CCCN(Cc2ncncc2C(=O)O)C1. The van der Waals surface area contributed by atoms with Crippen LogP contribution in [0.3, 0.4) is 0 Å². The van der Waals surface area contributed by atoms with E-state index in [0.717, 1.165) is 25.9 Å². The molecule has 6 nitrogen and oxygen atoms in total. The number of hydrogen-bond acceptors (Lipinski definition) is 5. The quantitative estimate of drug-likeness (QED) is 0.852. The number of carboxylic acid groups (broad SMARTS) is 1. The molecule has 1 atom stereocenters. The van der Waals surface area contributed by atoms with E-state index in [1.807, 2.05) is 0 Å². The maximum absolute atomic E-state index is 11.1. The van der Waals surface area contributed by atoms with Gasteiger partial charge in [-0.25, -0.2) is 14.8 Å². The van der Waals surface area contributed by atoms with E-state index in [9.17, 15) is 4.79 Å². The molecule has 2 rings (SSSR count). The van der Waals surface area contributed by atoms with Crippen LogP contribution in [-0.2, 0) is 11.3 Å². The highest BCUT2D eigenvalue weighted by Gasteiger charge is 2.21. The molecule has 1 saturated heterocycles. The number of rotatable bonds is 4. The molecule has 1 aliphatic rings. The first-order valence-electron chi connectivity index (χ1n) is 5.98. The van der Waals surface area contributed by atoms with E-state index in [0.29, 0.717) is 12.2 Å². The monoisotopic (exact) mass is 251 g/mol. The summed E-state index contributed by atoms with van der Waals surface area (Å²) in [7, 11) is 1.71. The van der Waals surface area contributed by atoms with Gasteiger partial charge in [0.15, 0.2) is 0 Å². The number of aromatic carboxylic acids is 1. The first-order valence-corrected chi connectivity index (χ1v) is 5.98. The van der Waals surface area contributed by atoms with Crippen molar-refractivity contribution in [3.05, 3.63) is 23.8 Å². The summed E-state index contributed by atoms with van der Waals surface area (Å²) in [4.78, 5) is 21.1. The van der Waals surface area contributed by atoms with Crippen molar-refractivity contribution in [1.29, 1.82) is 0 Å². The van der Waals surface area contributed by atoms with Gasteiger partial charge in [0.25, 0.3) is 0 Å². The summed E-state index contributed by atoms with van der Waals surface area (Å²) >= 11 is 0. The second-order valence-electron chi connectivity index (χ2n) is 4.42. The molecule has 0 spiro atoms. The highest BCUT2D eigenvalue weighted by Crippen LogP contribution is 2.16. The number of piperidine rings is 1. The molecule has 1 aromatic heterocycles. The molecule has 1 aromatic rings. The van der Waals surface area contributed by atoms with Crippen LogP contribution in [0.4, 0.5) is 0 Å². The van der Waals surface area contributed by atoms with Crippen LogP contribution in [-0.4, -0.2) is 52.2 Å². The third-order valence-electron chi connectivity index (χ3n) is 3.19. The highest BCUT2D eigenvalue weighted by atomic mass is 16.5. The minimum atomic E-state index is -0.981. The van der Waals surface area contributed by atoms with Crippen LogP contribution < -0.4 is 0 Å². The second-order valence-corrected chi connectivity index (χ2v) is 4.42. The third-order valence-corrected chi connectivity index (χ3v) is 3.19. The van der Waals surface area contributed by atoms with Gasteiger partial charge in [-0.2, -0.15) is 0 Å². The summed E-state index contributed by atoms with van der Waals surface area (Å²) in [5.41, 5.74) is 0.742. The zero-order valence-electron chi connectivity index (χ0n) is 10.4. The van der Waals surface area contributed by atoms with Crippen LogP contribution in [0.25, 0.3) is 0 Å². The lowest BCUT2D eigenvalue weighted by Gasteiger charge is -2.31. The van der Waals surface area contributed by atoms with E-state index in [1.165, 1.54) is 12.5 Å². The van der Waals surface area contributed by atoms with Crippen molar-refractivity contribution >= 4 is 5.97 Å². The number of nitrogens with zero attached hydrogens (tertiary/aromatic N) is 3. The third kappa shape index (κ3) is 3.02. The van der Waals surface area contributed by atoms with Gasteiger partial charge in [-0.15, -0.1) is 0 Å². The van der Waals surface area contributed by atoms with Crippen molar-refractivity contribution in [2.45, 2.75) is 25.5 Å². The maximum atomic E-state index is 11.1. The molecule has 0 aromatic carbocycles. The van der Waals surface area contributed by atoms with Crippen LogP contribution in [0.1, 0.15) is 28.9 Å². The van der Waals surface area contributed by atoms with Crippen LogP contribution in [0.5, 0.6) is 0 Å². The average Bonchev–Trinajstić information content (AvgIpc) is 2.39. The molecule has 1 fully saturated rings.